The SMILES string of the molecule is CCCc1ccc(C(NN)c2cccc(Cl)c2C)cc1. The van der Waals surface area contributed by atoms with Crippen LogP contribution in [0.15, 0.2) is 42.5 Å². The van der Waals surface area contributed by atoms with E-state index < -0.39 is 0 Å². The second-order valence-corrected chi connectivity index (χ2v) is 5.45. The van der Waals surface area contributed by atoms with Gasteiger partial charge in [0.1, 0.15) is 0 Å². The van der Waals surface area contributed by atoms with Crippen molar-refractivity contribution < 1.29 is 0 Å². The van der Waals surface area contributed by atoms with Gasteiger partial charge < -0.3 is 0 Å². The molecule has 0 aromatic heterocycles. The van der Waals surface area contributed by atoms with E-state index in [1.807, 2.05) is 19.1 Å². The summed E-state index contributed by atoms with van der Waals surface area (Å²) in [5, 5.41) is 0.769. The Balaban J connectivity index is 2.34. The van der Waals surface area contributed by atoms with Crippen molar-refractivity contribution in [2.24, 2.45) is 5.84 Å². The predicted octanol–water partition coefficient (Wildman–Crippen LogP) is 4.15. The molecule has 0 bridgehead atoms. The highest BCUT2D eigenvalue weighted by molar-refractivity contribution is 6.31. The normalized spacial score (nSPS) is 12.4. The van der Waals surface area contributed by atoms with Gasteiger partial charge in [0.25, 0.3) is 0 Å². The van der Waals surface area contributed by atoms with Gasteiger partial charge in [0.05, 0.1) is 6.04 Å². The monoisotopic (exact) mass is 288 g/mol. The Morgan fingerprint density at radius 3 is 2.45 bits per heavy atom. The van der Waals surface area contributed by atoms with E-state index >= 15 is 0 Å². The molecule has 106 valence electrons. The molecule has 20 heavy (non-hydrogen) atoms. The molecule has 3 N–H and O–H groups in total. The third-order valence-electron chi connectivity index (χ3n) is 3.64. The van der Waals surface area contributed by atoms with Gasteiger partial charge in [-0.25, -0.2) is 5.43 Å². The highest BCUT2D eigenvalue weighted by Gasteiger charge is 2.15. The summed E-state index contributed by atoms with van der Waals surface area (Å²) in [6.45, 7) is 4.21. The van der Waals surface area contributed by atoms with Gasteiger partial charge in [-0.1, -0.05) is 61.3 Å². The highest BCUT2D eigenvalue weighted by Crippen LogP contribution is 2.28. The maximum absolute atomic E-state index is 6.20. The lowest BCUT2D eigenvalue weighted by atomic mass is 9.94. The van der Waals surface area contributed by atoms with Crippen molar-refractivity contribution in [3.8, 4) is 0 Å². The van der Waals surface area contributed by atoms with E-state index in [9.17, 15) is 0 Å². The van der Waals surface area contributed by atoms with Crippen LogP contribution in [0.1, 0.15) is 41.6 Å². The molecule has 2 aromatic rings. The Morgan fingerprint density at radius 2 is 1.85 bits per heavy atom. The molecule has 1 atom stereocenters. The number of nitrogens with one attached hydrogen (secondary N) is 1. The molecule has 0 spiro atoms. The van der Waals surface area contributed by atoms with E-state index in [0.717, 1.165) is 34.6 Å². The Hall–Kier alpha value is -1.35. The number of aryl methyl sites for hydroxylation is 1. The molecular weight excluding hydrogens is 268 g/mol. The van der Waals surface area contributed by atoms with E-state index in [1.54, 1.807) is 0 Å². The van der Waals surface area contributed by atoms with Crippen LogP contribution >= 0.6 is 11.6 Å². The first-order valence-electron chi connectivity index (χ1n) is 6.97. The average molecular weight is 289 g/mol. The zero-order chi connectivity index (χ0) is 14.5. The summed E-state index contributed by atoms with van der Waals surface area (Å²) in [7, 11) is 0. The molecule has 0 aliphatic heterocycles. The first kappa shape index (κ1) is 15.0. The Bertz CT molecular complexity index is 564. The van der Waals surface area contributed by atoms with Crippen molar-refractivity contribution in [1.29, 1.82) is 0 Å². The molecule has 0 saturated carbocycles. The quantitative estimate of drug-likeness (QED) is 0.640. The molecule has 0 aliphatic carbocycles. The van der Waals surface area contributed by atoms with Gasteiger partial charge in [-0.3, -0.25) is 5.84 Å². The van der Waals surface area contributed by atoms with E-state index in [1.165, 1.54) is 5.56 Å². The van der Waals surface area contributed by atoms with Crippen LogP contribution in [0.25, 0.3) is 0 Å². The third-order valence-corrected chi connectivity index (χ3v) is 4.05. The molecule has 2 nitrogen and oxygen atoms in total. The fourth-order valence-corrected chi connectivity index (χ4v) is 2.65. The predicted molar refractivity (Wildman–Crippen MR) is 85.8 cm³/mol. The Kier molecular flexibility index (Phi) is 5.18. The maximum Gasteiger partial charge on any atom is 0.0713 e. The van der Waals surface area contributed by atoms with Crippen LogP contribution in [0.3, 0.4) is 0 Å². The molecule has 0 heterocycles. The van der Waals surface area contributed by atoms with Gasteiger partial charge >= 0.3 is 0 Å². The zero-order valence-corrected chi connectivity index (χ0v) is 12.7. The summed E-state index contributed by atoms with van der Waals surface area (Å²) in [5.74, 6) is 5.76. The number of rotatable bonds is 5. The molecule has 2 rings (SSSR count). The summed E-state index contributed by atoms with van der Waals surface area (Å²) < 4.78 is 0. The van der Waals surface area contributed by atoms with Crippen molar-refractivity contribution in [3.63, 3.8) is 0 Å². The van der Waals surface area contributed by atoms with Crippen LogP contribution < -0.4 is 11.3 Å². The molecule has 1 unspecified atom stereocenters. The lowest BCUT2D eigenvalue weighted by Gasteiger charge is -2.20. The van der Waals surface area contributed by atoms with Crippen LogP contribution in [-0.4, -0.2) is 0 Å². The summed E-state index contributed by atoms with van der Waals surface area (Å²) in [6.07, 6.45) is 2.27. The van der Waals surface area contributed by atoms with Gasteiger partial charge in [-0.05, 0) is 41.7 Å². The Morgan fingerprint density at radius 1 is 1.15 bits per heavy atom. The van der Waals surface area contributed by atoms with Crippen molar-refractivity contribution in [2.75, 3.05) is 0 Å². The van der Waals surface area contributed by atoms with Gasteiger partial charge in [0.15, 0.2) is 0 Å². The van der Waals surface area contributed by atoms with Gasteiger partial charge in [-0.2, -0.15) is 0 Å². The summed E-state index contributed by atoms with van der Waals surface area (Å²) in [6, 6.07) is 14.5. The Labute approximate surface area is 125 Å². The molecule has 0 aliphatic rings. The van der Waals surface area contributed by atoms with Crippen molar-refractivity contribution in [1.82, 2.24) is 5.43 Å². The molecule has 3 heteroatoms. The maximum atomic E-state index is 6.20. The van der Waals surface area contributed by atoms with Gasteiger partial charge in [0, 0.05) is 5.02 Å². The first-order chi connectivity index (χ1) is 9.67. The second-order valence-electron chi connectivity index (χ2n) is 5.05. The topological polar surface area (TPSA) is 38.0 Å². The highest BCUT2D eigenvalue weighted by atomic mass is 35.5. The first-order valence-corrected chi connectivity index (χ1v) is 7.35. The number of nitrogens with two attached hydrogens (primary N) is 1. The van der Waals surface area contributed by atoms with Crippen LogP contribution in [-0.2, 0) is 6.42 Å². The molecule has 2 aromatic carbocycles. The van der Waals surface area contributed by atoms with Crippen LogP contribution in [0.4, 0.5) is 0 Å². The minimum absolute atomic E-state index is 0.0376. The van der Waals surface area contributed by atoms with E-state index in [0.29, 0.717) is 0 Å². The lowest BCUT2D eigenvalue weighted by Crippen LogP contribution is -2.29. The van der Waals surface area contributed by atoms with Crippen LogP contribution in [0.5, 0.6) is 0 Å². The molecule has 0 fully saturated rings. The van der Waals surface area contributed by atoms with E-state index in [4.69, 9.17) is 17.4 Å². The largest absolute Gasteiger partial charge is 0.271 e. The lowest BCUT2D eigenvalue weighted by molar-refractivity contribution is 0.633. The fraction of sp³-hybridized carbons (Fsp3) is 0.294. The molecule has 0 saturated heterocycles. The molecule has 0 amide bonds. The van der Waals surface area contributed by atoms with E-state index in [2.05, 4.69) is 42.7 Å². The van der Waals surface area contributed by atoms with Crippen LogP contribution in [0.2, 0.25) is 5.02 Å². The standard InChI is InChI=1S/C17H21ClN2/c1-3-5-13-8-10-14(11-9-13)17(20-19)15-6-4-7-16(18)12(15)2/h4,6-11,17,20H,3,5,19H2,1-2H3. The van der Waals surface area contributed by atoms with Crippen LogP contribution in [0, 0.1) is 6.92 Å². The number of benzene rings is 2. The van der Waals surface area contributed by atoms with Gasteiger partial charge in [0.2, 0.25) is 0 Å². The van der Waals surface area contributed by atoms with Gasteiger partial charge in [-0.15, -0.1) is 0 Å². The van der Waals surface area contributed by atoms with Crippen molar-refractivity contribution in [2.45, 2.75) is 32.7 Å². The number of hydrogen-bond donors (Lipinski definition) is 2. The average Bonchev–Trinajstić information content (AvgIpc) is 2.46. The fourth-order valence-electron chi connectivity index (χ4n) is 2.47. The zero-order valence-electron chi connectivity index (χ0n) is 12.0. The number of hydrogen-bond acceptors (Lipinski definition) is 2. The van der Waals surface area contributed by atoms with E-state index in [-0.39, 0.29) is 6.04 Å². The summed E-state index contributed by atoms with van der Waals surface area (Å²) >= 11 is 6.20. The summed E-state index contributed by atoms with van der Waals surface area (Å²) in [4.78, 5) is 0. The smallest absolute Gasteiger partial charge is 0.0713 e. The molecule has 0 radical (unpaired) electrons. The second kappa shape index (κ2) is 6.89. The summed E-state index contributed by atoms with van der Waals surface area (Å²) in [5.41, 5.74) is 7.58. The minimum Gasteiger partial charge on any atom is -0.271 e. The van der Waals surface area contributed by atoms with Crippen molar-refractivity contribution >= 4 is 11.6 Å². The number of halogens is 1. The molecular formula is C17H21ClN2. The number of hydrazine groups is 1. The van der Waals surface area contributed by atoms with Crippen molar-refractivity contribution in [3.05, 3.63) is 69.7 Å². The third kappa shape index (κ3) is 3.21. The minimum atomic E-state index is -0.0376.